The van der Waals surface area contributed by atoms with Gasteiger partial charge in [-0.25, -0.2) is 4.79 Å². The van der Waals surface area contributed by atoms with Crippen LogP contribution in [0.15, 0.2) is 12.2 Å². The predicted octanol–water partition coefficient (Wildman–Crippen LogP) is 1.70. The number of likely N-dealkylation sites (tertiary alicyclic amines) is 1. The maximum atomic E-state index is 12.1. The van der Waals surface area contributed by atoms with Crippen molar-refractivity contribution in [2.75, 3.05) is 19.6 Å². The number of nitrogens with one attached hydrogen (secondary N) is 1. The van der Waals surface area contributed by atoms with Gasteiger partial charge in [0.2, 0.25) is 0 Å². The monoisotopic (exact) mass is 278 g/mol. The van der Waals surface area contributed by atoms with E-state index in [4.69, 9.17) is 5.11 Å². The van der Waals surface area contributed by atoms with E-state index in [0.717, 1.165) is 13.1 Å². The molecule has 1 unspecified atom stereocenters. The van der Waals surface area contributed by atoms with Gasteiger partial charge in [-0.3, -0.25) is 4.79 Å². The van der Waals surface area contributed by atoms with Crippen molar-refractivity contribution in [1.29, 1.82) is 0 Å². The Bertz CT molecular complexity index is 462. The fourth-order valence-corrected chi connectivity index (χ4v) is 4.27. The number of carboxylic acid groups (broad SMARTS) is 1. The molecule has 1 saturated heterocycles. The second kappa shape index (κ2) is 4.79. The summed E-state index contributed by atoms with van der Waals surface area (Å²) in [6.07, 6.45) is 6.51. The van der Waals surface area contributed by atoms with Crippen LogP contribution in [0.5, 0.6) is 0 Å². The Morgan fingerprint density at radius 1 is 1.45 bits per heavy atom. The van der Waals surface area contributed by atoms with Gasteiger partial charge < -0.3 is 15.3 Å². The van der Waals surface area contributed by atoms with E-state index in [-0.39, 0.29) is 17.9 Å². The lowest BCUT2D eigenvalue weighted by Gasteiger charge is -2.31. The molecule has 3 aliphatic rings. The third-order valence-electron chi connectivity index (χ3n) is 5.41. The first kappa shape index (κ1) is 13.5. The molecule has 0 aromatic rings. The first-order chi connectivity index (χ1) is 9.50. The van der Waals surface area contributed by atoms with Crippen LogP contribution in [0.1, 0.15) is 26.2 Å². The highest BCUT2D eigenvalue weighted by molar-refractivity contribution is 5.75. The number of rotatable bonds is 4. The molecular weight excluding hydrogens is 256 g/mol. The van der Waals surface area contributed by atoms with E-state index >= 15 is 0 Å². The minimum Gasteiger partial charge on any atom is -0.481 e. The van der Waals surface area contributed by atoms with Gasteiger partial charge in [0.1, 0.15) is 0 Å². The zero-order valence-electron chi connectivity index (χ0n) is 11.8. The maximum absolute atomic E-state index is 12.1. The molecule has 0 aromatic carbocycles. The van der Waals surface area contributed by atoms with Gasteiger partial charge in [0, 0.05) is 26.1 Å². The number of nitrogens with zero attached hydrogens (tertiary/aromatic N) is 1. The third kappa shape index (κ3) is 2.09. The summed E-state index contributed by atoms with van der Waals surface area (Å²) in [5.74, 6) is 1.06. The number of carbonyl (C=O) groups is 2. The molecule has 0 spiro atoms. The zero-order chi connectivity index (χ0) is 14.3. The van der Waals surface area contributed by atoms with Crippen molar-refractivity contribution in [2.24, 2.45) is 23.2 Å². The van der Waals surface area contributed by atoms with Crippen LogP contribution >= 0.6 is 0 Å². The molecule has 1 aliphatic heterocycles. The summed E-state index contributed by atoms with van der Waals surface area (Å²) in [6, 6.07) is -0.0367. The van der Waals surface area contributed by atoms with Crippen LogP contribution in [0.25, 0.3) is 0 Å². The molecule has 0 radical (unpaired) electrons. The highest BCUT2D eigenvalue weighted by Gasteiger charge is 2.58. The molecule has 5 nitrogen and oxygen atoms in total. The molecule has 2 amide bonds. The van der Waals surface area contributed by atoms with E-state index in [1.165, 1.54) is 6.42 Å². The van der Waals surface area contributed by atoms with E-state index < -0.39 is 5.97 Å². The van der Waals surface area contributed by atoms with E-state index in [1.54, 1.807) is 0 Å². The smallest absolute Gasteiger partial charge is 0.317 e. The number of carboxylic acids is 1. The van der Waals surface area contributed by atoms with Crippen molar-refractivity contribution in [1.82, 2.24) is 10.2 Å². The highest BCUT2D eigenvalue weighted by atomic mass is 16.4. The molecular formula is C15H22N2O3. The highest BCUT2D eigenvalue weighted by Crippen LogP contribution is 2.59. The topological polar surface area (TPSA) is 69.6 Å². The number of urea groups is 1. The molecule has 1 saturated carbocycles. The Morgan fingerprint density at radius 2 is 2.25 bits per heavy atom. The van der Waals surface area contributed by atoms with Gasteiger partial charge in [-0.05, 0) is 36.0 Å². The number of fused-ring (bicyclic) bond motifs is 5. The van der Waals surface area contributed by atoms with Crippen molar-refractivity contribution in [3.05, 3.63) is 12.2 Å². The van der Waals surface area contributed by atoms with Crippen LogP contribution in [0.4, 0.5) is 4.79 Å². The molecule has 2 bridgehead atoms. The van der Waals surface area contributed by atoms with Crippen molar-refractivity contribution in [2.45, 2.75) is 26.2 Å². The molecule has 5 heteroatoms. The number of hydrogen-bond donors (Lipinski definition) is 2. The summed E-state index contributed by atoms with van der Waals surface area (Å²) in [5.41, 5.74) is 0.248. The molecule has 1 heterocycles. The standard InChI is InChI=1S/C15H22N2O3/c1-15-9-17(14(20)16-6-2-3-13(18)19)8-12(15)10-4-5-11(15)7-10/h4-5,10-12H,2-3,6-9H2,1H3,(H,16,20)(H,18,19)/t10-,11+,12?,15+/m1/s1. The van der Waals surface area contributed by atoms with Crippen LogP contribution in [0.3, 0.4) is 0 Å². The molecule has 3 rings (SSSR count). The summed E-state index contributed by atoms with van der Waals surface area (Å²) < 4.78 is 0. The largest absolute Gasteiger partial charge is 0.481 e. The van der Waals surface area contributed by atoms with Crippen molar-refractivity contribution in [3.63, 3.8) is 0 Å². The van der Waals surface area contributed by atoms with Gasteiger partial charge in [-0.2, -0.15) is 0 Å². The Labute approximate surface area is 119 Å². The van der Waals surface area contributed by atoms with Gasteiger partial charge in [-0.1, -0.05) is 19.1 Å². The Kier molecular flexibility index (Phi) is 3.22. The van der Waals surface area contributed by atoms with Crippen LogP contribution in [-0.2, 0) is 4.79 Å². The van der Waals surface area contributed by atoms with Crippen molar-refractivity contribution < 1.29 is 14.7 Å². The van der Waals surface area contributed by atoms with Crippen LogP contribution in [0.2, 0.25) is 0 Å². The van der Waals surface area contributed by atoms with Crippen LogP contribution < -0.4 is 5.32 Å². The van der Waals surface area contributed by atoms with Gasteiger partial charge in [0.25, 0.3) is 0 Å². The number of hydrogen-bond acceptors (Lipinski definition) is 2. The number of allylic oxidation sites excluding steroid dienone is 2. The van der Waals surface area contributed by atoms with Crippen LogP contribution in [-0.4, -0.2) is 41.6 Å². The SMILES string of the molecule is C[C@@]12CN(C(=O)NCCCC(=O)O)CC1[C@@H]1C=C[C@H]2C1. The van der Waals surface area contributed by atoms with E-state index in [0.29, 0.717) is 30.7 Å². The third-order valence-corrected chi connectivity index (χ3v) is 5.41. The Morgan fingerprint density at radius 3 is 2.95 bits per heavy atom. The lowest BCUT2D eigenvalue weighted by molar-refractivity contribution is -0.137. The molecule has 2 fully saturated rings. The molecule has 110 valence electrons. The average Bonchev–Trinajstić information content (AvgIpc) is 3.03. The molecule has 4 atom stereocenters. The summed E-state index contributed by atoms with van der Waals surface area (Å²) >= 11 is 0. The Hall–Kier alpha value is -1.52. The van der Waals surface area contributed by atoms with Crippen LogP contribution in [0, 0.1) is 23.2 Å². The van der Waals surface area contributed by atoms with E-state index in [1.807, 2.05) is 4.90 Å². The normalized spacial score (nSPS) is 37.2. The molecule has 0 aromatic heterocycles. The molecule has 20 heavy (non-hydrogen) atoms. The first-order valence-corrected chi connectivity index (χ1v) is 7.43. The molecule has 2 N–H and O–H groups in total. The quantitative estimate of drug-likeness (QED) is 0.607. The summed E-state index contributed by atoms with van der Waals surface area (Å²) in [7, 11) is 0. The first-order valence-electron chi connectivity index (χ1n) is 7.43. The minimum absolute atomic E-state index is 0.0367. The average molecular weight is 278 g/mol. The van der Waals surface area contributed by atoms with Gasteiger partial charge in [-0.15, -0.1) is 0 Å². The maximum Gasteiger partial charge on any atom is 0.317 e. The minimum atomic E-state index is -0.815. The lowest BCUT2D eigenvalue weighted by Crippen LogP contribution is -2.40. The van der Waals surface area contributed by atoms with Gasteiger partial charge in [0.15, 0.2) is 0 Å². The van der Waals surface area contributed by atoms with E-state index in [9.17, 15) is 9.59 Å². The zero-order valence-corrected chi connectivity index (χ0v) is 11.8. The second-order valence-corrected chi connectivity index (χ2v) is 6.61. The van der Waals surface area contributed by atoms with Gasteiger partial charge >= 0.3 is 12.0 Å². The Balaban J connectivity index is 1.51. The fourth-order valence-electron chi connectivity index (χ4n) is 4.27. The van der Waals surface area contributed by atoms with Gasteiger partial charge in [0.05, 0.1) is 0 Å². The lowest BCUT2D eigenvalue weighted by atomic mass is 9.72. The van der Waals surface area contributed by atoms with Crippen molar-refractivity contribution >= 4 is 12.0 Å². The summed E-state index contributed by atoms with van der Waals surface area (Å²) in [4.78, 5) is 24.5. The predicted molar refractivity (Wildman–Crippen MR) is 74.2 cm³/mol. The number of carbonyl (C=O) groups excluding carboxylic acids is 1. The summed E-state index contributed by atoms with van der Waals surface area (Å²) in [5, 5.41) is 11.4. The number of amides is 2. The molecule has 2 aliphatic carbocycles. The fraction of sp³-hybridized carbons (Fsp3) is 0.733. The van der Waals surface area contributed by atoms with Crippen molar-refractivity contribution in [3.8, 4) is 0 Å². The second-order valence-electron chi connectivity index (χ2n) is 6.61. The number of aliphatic carboxylic acids is 1. The van der Waals surface area contributed by atoms with E-state index in [2.05, 4.69) is 24.4 Å². The summed E-state index contributed by atoms with van der Waals surface area (Å²) in [6.45, 7) is 4.42.